The molecule has 0 saturated carbocycles. The van der Waals surface area contributed by atoms with Crippen molar-refractivity contribution < 1.29 is 4.79 Å². The van der Waals surface area contributed by atoms with Gasteiger partial charge in [0.1, 0.15) is 5.65 Å². The number of amides is 1. The van der Waals surface area contributed by atoms with E-state index in [2.05, 4.69) is 41.2 Å². The highest BCUT2D eigenvalue weighted by Gasteiger charge is 2.14. The summed E-state index contributed by atoms with van der Waals surface area (Å²) in [4.78, 5) is 29.5. The molecule has 0 spiro atoms. The van der Waals surface area contributed by atoms with Gasteiger partial charge in [-0.25, -0.2) is 15.0 Å². The van der Waals surface area contributed by atoms with Crippen LogP contribution in [0.1, 0.15) is 16.1 Å². The smallest absolute Gasteiger partial charge is 0.259 e. The summed E-state index contributed by atoms with van der Waals surface area (Å²) >= 11 is 3.30. The molecule has 0 aliphatic rings. The van der Waals surface area contributed by atoms with Crippen molar-refractivity contribution in [3.8, 4) is 11.4 Å². The van der Waals surface area contributed by atoms with Gasteiger partial charge >= 0.3 is 0 Å². The molecule has 1 N–H and O–H groups in total. The van der Waals surface area contributed by atoms with Crippen molar-refractivity contribution in [3.63, 3.8) is 0 Å². The fourth-order valence-electron chi connectivity index (χ4n) is 2.68. The lowest BCUT2D eigenvalue weighted by atomic mass is 10.2. The van der Waals surface area contributed by atoms with E-state index in [1.807, 2.05) is 35.7 Å². The first-order valence-electron chi connectivity index (χ1n) is 7.81. The molecule has 0 aliphatic heterocycles. The molecule has 0 bridgehead atoms. The summed E-state index contributed by atoms with van der Waals surface area (Å²) in [5, 5.41) is 2.70. The van der Waals surface area contributed by atoms with E-state index in [4.69, 9.17) is 0 Å². The van der Waals surface area contributed by atoms with Crippen molar-refractivity contribution in [2.75, 3.05) is 5.32 Å². The molecule has 8 heteroatoms. The number of aromatic nitrogens is 5. The van der Waals surface area contributed by atoms with Crippen LogP contribution < -0.4 is 5.32 Å². The van der Waals surface area contributed by atoms with E-state index < -0.39 is 0 Å². The molecular formula is C18H13BrN6O. The summed E-state index contributed by atoms with van der Waals surface area (Å²) in [5.74, 6) is -0.108. The monoisotopic (exact) mass is 408 g/mol. The molecule has 0 fully saturated rings. The lowest BCUT2D eigenvalue weighted by molar-refractivity contribution is 0.102. The van der Waals surface area contributed by atoms with Crippen LogP contribution in [0, 0.1) is 6.92 Å². The van der Waals surface area contributed by atoms with Gasteiger partial charge in [0.25, 0.3) is 5.91 Å². The van der Waals surface area contributed by atoms with Crippen LogP contribution in [0.5, 0.6) is 0 Å². The molecule has 4 heterocycles. The van der Waals surface area contributed by atoms with E-state index in [0.29, 0.717) is 11.3 Å². The second-order valence-electron chi connectivity index (χ2n) is 5.59. The highest BCUT2D eigenvalue weighted by atomic mass is 79.9. The normalized spacial score (nSPS) is 10.8. The molecule has 0 radical (unpaired) electrons. The Kier molecular flexibility index (Phi) is 4.18. The first-order valence-corrected chi connectivity index (χ1v) is 8.60. The number of hydrogen-bond acceptors (Lipinski definition) is 5. The lowest BCUT2D eigenvalue weighted by Crippen LogP contribution is -2.14. The molecule has 0 unspecified atom stereocenters. The molecule has 0 atom stereocenters. The molecule has 0 aromatic carbocycles. The van der Waals surface area contributed by atoms with E-state index in [0.717, 1.165) is 21.5 Å². The second-order valence-corrected chi connectivity index (χ2v) is 6.50. The minimum atomic E-state index is -0.328. The number of rotatable bonds is 3. The Morgan fingerprint density at radius 3 is 2.92 bits per heavy atom. The molecule has 4 aromatic heterocycles. The third kappa shape index (κ3) is 3.06. The van der Waals surface area contributed by atoms with Gasteiger partial charge in [-0.15, -0.1) is 0 Å². The average Bonchev–Trinajstić information content (AvgIpc) is 2.97. The van der Waals surface area contributed by atoms with Crippen LogP contribution >= 0.6 is 15.9 Å². The number of halogens is 1. The predicted molar refractivity (Wildman–Crippen MR) is 101 cm³/mol. The Morgan fingerprint density at radius 1 is 1.19 bits per heavy atom. The number of carbonyl (C=O) groups is 1. The fraction of sp³-hybridized carbons (Fsp3) is 0.0556. The summed E-state index contributed by atoms with van der Waals surface area (Å²) in [6, 6.07) is 9.27. The van der Waals surface area contributed by atoms with Crippen LogP contribution in [0.25, 0.3) is 17.0 Å². The highest BCUT2D eigenvalue weighted by Crippen LogP contribution is 2.23. The van der Waals surface area contributed by atoms with Gasteiger partial charge < -0.3 is 0 Å². The Labute approximate surface area is 157 Å². The van der Waals surface area contributed by atoms with Crippen LogP contribution in [0.3, 0.4) is 0 Å². The van der Waals surface area contributed by atoms with E-state index in [-0.39, 0.29) is 11.9 Å². The SMILES string of the molecule is Cc1nc2ccccn2c1-c1ccnc(NC(=O)c2cncc(Br)c2)n1. The number of hydrogen-bond donors (Lipinski definition) is 1. The van der Waals surface area contributed by atoms with Gasteiger partial charge in [0.05, 0.1) is 22.6 Å². The Morgan fingerprint density at radius 2 is 2.08 bits per heavy atom. The molecule has 1 amide bonds. The first kappa shape index (κ1) is 16.3. The topological polar surface area (TPSA) is 85.1 Å². The van der Waals surface area contributed by atoms with Crippen molar-refractivity contribution in [1.29, 1.82) is 0 Å². The van der Waals surface area contributed by atoms with Crippen molar-refractivity contribution in [3.05, 3.63) is 70.8 Å². The van der Waals surface area contributed by atoms with E-state index in [9.17, 15) is 4.79 Å². The molecule has 0 aliphatic carbocycles. The number of nitrogens with one attached hydrogen (secondary N) is 1. The maximum absolute atomic E-state index is 12.4. The zero-order chi connectivity index (χ0) is 18.1. The van der Waals surface area contributed by atoms with E-state index >= 15 is 0 Å². The maximum Gasteiger partial charge on any atom is 0.259 e. The zero-order valence-corrected chi connectivity index (χ0v) is 15.3. The van der Waals surface area contributed by atoms with Crippen molar-refractivity contribution >= 4 is 33.4 Å². The molecule has 4 aromatic rings. The van der Waals surface area contributed by atoms with Crippen molar-refractivity contribution in [2.24, 2.45) is 0 Å². The molecule has 7 nitrogen and oxygen atoms in total. The fourth-order valence-corrected chi connectivity index (χ4v) is 3.05. The number of aryl methyl sites for hydroxylation is 1. The highest BCUT2D eigenvalue weighted by molar-refractivity contribution is 9.10. The Bertz CT molecular complexity index is 1120. The summed E-state index contributed by atoms with van der Waals surface area (Å²) in [7, 11) is 0. The number of imidazole rings is 1. The molecular weight excluding hydrogens is 396 g/mol. The third-order valence-electron chi connectivity index (χ3n) is 3.79. The number of carbonyl (C=O) groups excluding carboxylic acids is 1. The van der Waals surface area contributed by atoms with Crippen LogP contribution in [0.4, 0.5) is 5.95 Å². The molecule has 4 rings (SSSR count). The van der Waals surface area contributed by atoms with E-state index in [1.165, 1.54) is 6.20 Å². The minimum absolute atomic E-state index is 0.220. The molecule has 128 valence electrons. The van der Waals surface area contributed by atoms with Crippen molar-refractivity contribution in [1.82, 2.24) is 24.3 Å². The number of nitrogens with zero attached hydrogens (tertiary/aromatic N) is 5. The van der Waals surface area contributed by atoms with E-state index in [1.54, 1.807) is 24.5 Å². The minimum Gasteiger partial charge on any atom is -0.298 e. The number of fused-ring (bicyclic) bond motifs is 1. The number of anilines is 1. The third-order valence-corrected chi connectivity index (χ3v) is 4.23. The zero-order valence-electron chi connectivity index (χ0n) is 13.7. The Balaban J connectivity index is 1.69. The predicted octanol–water partition coefficient (Wildman–Crippen LogP) is 3.51. The van der Waals surface area contributed by atoms with Gasteiger partial charge in [0.15, 0.2) is 0 Å². The van der Waals surface area contributed by atoms with Crippen LogP contribution in [-0.2, 0) is 0 Å². The van der Waals surface area contributed by atoms with Crippen LogP contribution in [0.2, 0.25) is 0 Å². The van der Waals surface area contributed by atoms with Crippen molar-refractivity contribution in [2.45, 2.75) is 6.92 Å². The summed E-state index contributed by atoms with van der Waals surface area (Å²) < 4.78 is 2.68. The maximum atomic E-state index is 12.4. The molecule has 0 saturated heterocycles. The lowest BCUT2D eigenvalue weighted by Gasteiger charge is -2.06. The average molecular weight is 409 g/mol. The van der Waals surface area contributed by atoms with Gasteiger partial charge in [0, 0.05) is 29.3 Å². The van der Waals surface area contributed by atoms with Crippen LogP contribution in [-0.4, -0.2) is 30.2 Å². The summed E-state index contributed by atoms with van der Waals surface area (Å²) in [6.45, 7) is 1.93. The standard InChI is InChI=1S/C18H13BrN6O/c1-11-16(25-7-3-2-4-15(25)22-11)14-5-6-21-18(23-14)24-17(26)12-8-13(19)10-20-9-12/h2-10H,1H3,(H,21,23,24,26). The van der Waals surface area contributed by atoms with Gasteiger partial charge in [0.2, 0.25) is 5.95 Å². The molecule has 26 heavy (non-hydrogen) atoms. The largest absolute Gasteiger partial charge is 0.298 e. The van der Waals surface area contributed by atoms with Gasteiger partial charge in [-0.2, -0.15) is 0 Å². The van der Waals surface area contributed by atoms with Gasteiger partial charge in [-0.3, -0.25) is 19.5 Å². The summed E-state index contributed by atoms with van der Waals surface area (Å²) in [5.41, 5.74) is 3.65. The number of pyridine rings is 2. The quantitative estimate of drug-likeness (QED) is 0.560. The first-order chi connectivity index (χ1) is 12.6. The van der Waals surface area contributed by atoms with Gasteiger partial charge in [-0.1, -0.05) is 6.07 Å². The van der Waals surface area contributed by atoms with Crippen LogP contribution in [0.15, 0.2) is 59.6 Å². The second kappa shape index (κ2) is 6.64. The van der Waals surface area contributed by atoms with Gasteiger partial charge in [-0.05, 0) is 47.1 Å². The Hall–Kier alpha value is -3.13. The summed E-state index contributed by atoms with van der Waals surface area (Å²) in [6.07, 6.45) is 6.64.